The summed E-state index contributed by atoms with van der Waals surface area (Å²) in [5, 5.41) is 3.21. The minimum atomic E-state index is -0.244. The van der Waals surface area contributed by atoms with E-state index in [0.717, 1.165) is 32.6 Å². The highest BCUT2D eigenvalue weighted by Gasteiger charge is 2.22. The van der Waals surface area contributed by atoms with Gasteiger partial charge in [-0.3, -0.25) is 4.98 Å². The molecule has 4 rings (SSSR count). The van der Waals surface area contributed by atoms with Gasteiger partial charge in [-0.2, -0.15) is 0 Å². The molecule has 0 fully saturated rings. The number of fused-ring (bicyclic) bond motifs is 5. The standard InChI is InChI=1S/C18H15FN2S/c1-3-22-16-9-11(2)15(19)10-14(16)13-7-6-12-5-4-8-20-17(12)18(13)21-22/h3-10,21H,1-2H3. The van der Waals surface area contributed by atoms with Crippen molar-refractivity contribution in [2.24, 2.45) is 0 Å². The third kappa shape index (κ3) is 1.87. The van der Waals surface area contributed by atoms with Gasteiger partial charge in [0, 0.05) is 27.6 Å². The summed E-state index contributed by atoms with van der Waals surface area (Å²) in [5.41, 5.74) is 4.60. The minimum Gasteiger partial charge on any atom is -0.329 e. The number of nitrogens with one attached hydrogen (secondary N) is 1. The summed E-state index contributed by atoms with van der Waals surface area (Å²) in [7, 11) is -0.244. The number of hydrogen-bond acceptors (Lipinski definition) is 2. The molecule has 1 unspecified atom stereocenters. The van der Waals surface area contributed by atoms with E-state index in [9.17, 15) is 4.39 Å². The molecule has 22 heavy (non-hydrogen) atoms. The number of nitrogens with zero attached hydrogens (tertiary/aromatic N) is 1. The van der Waals surface area contributed by atoms with Crippen molar-refractivity contribution in [3.05, 3.63) is 54.0 Å². The Morgan fingerprint density at radius 1 is 1.18 bits per heavy atom. The van der Waals surface area contributed by atoms with Crippen LogP contribution in [0.5, 0.6) is 0 Å². The first-order valence-corrected chi connectivity index (χ1v) is 8.45. The van der Waals surface area contributed by atoms with Crippen molar-refractivity contribution in [2.75, 3.05) is 4.72 Å². The van der Waals surface area contributed by atoms with Gasteiger partial charge in [-0.1, -0.05) is 28.9 Å². The summed E-state index contributed by atoms with van der Waals surface area (Å²) in [6.07, 6.45) is 1.79. The maximum Gasteiger partial charge on any atom is 0.126 e. The van der Waals surface area contributed by atoms with Crippen LogP contribution in [0.2, 0.25) is 0 Å². The van der Waals surface area contributed by atoms with Crippen molar-refractivity contribution in [2.45, 2.75) is 18.7 Å². The molecule has 0 saturated heterocycles. The van der Waals surface area contributed by atoms with Crippen LogP contribution in [0.1, 0.15) is 12.5 Å². The Labute approximate surface area is 131 Å². The van der Waals surface area contributed by atoms with Gasteiger partial charge in [0.15, 0.2) is 0 Å². The lowest BCUT2D eigenvalue weighted by atomic mass is 9.99. The maximum absolute atomic E-state index is 14.1. The molecular weight excluding hydrogens is 295 g/mol. The third-order valence-electron chi connectivity index (χ3n) is 4.01. The van der Waals surface area contributed by atoms with E-state index >= 15 is 0 Å². The second-order valence-electron chi connectivity index (χ2n) is 5.34. The molecule has 1 aliphatic heterocycles. The van der Waals surface area contributed by atoms with Gasteiger partial charge in [-0.05, 0) is 43.0 Å². The summed E-state index contributed by atoms with van der Waals surface area (Å²) in [4.78, 5) is 5.65. The van der Waals surface area contributed by atoms with E-state index < -0.39 is 0 Å². The molecule has 1 atom stereocenters. The number of benzene rings is 2. The molecule has 1 N–H and O–H groups in total. The first-order valence-electron chi connectivity index (χ1n) is 7.16. The normalized spacial score (nSPS) is 16.2. The number of aromatic nitrogens is 1. The molecule has 2 heterocycles. The number of aryl methyl sites for hydroxylation is 1. The molecule has 0 spiro atoms. The molecule has 0 bridgehead atoms. The zero-order valence-corrected chi connectivity index (χ0v) is 13.2. The van der Waals surface area contributed by atoms with Gasteiger partial charge in [0.25, 0.3) is 0 Å². The molecule has 1 aliphatic rings. The average Bonchev–Trinajstić information content (AvgIpc) is 2.55. The SMILES string of the molecule is C/C=S1\Nc2c(ccc3cccnc23)-c2cc(F)c(C)cc21. The fourth-order valence-corrected chi connectivity index (χ4v) is 4.49. The minimum absolute atomic E-state index is 0.160. The number of hydrogen-bond donors (Lipinski definition) is 1. The van der Waals surface area contributed by atoms with Gasteiger partial charge >= 0.3 is 0 Å². The van der Waals surface area contributed by atoms with Gasteiger partial charge in [0.2, 0.25) is 0 Å². The molecule has 0 amide bonds. The summed E-state index contributed by atoms with van der Waals surface area (Å²) in [5.74, 6) is -0.160. The lowest BCUT2D eigenvalue weighted by Crippen LogP contribution is -2.05. The van der Waals surface area contributed by atoms with Crippen LogP contribution < -0.4 is 4.72 Å². The predicted molar refractivity (Wildman–Crippen MR) is 93.1 cm³/mol. The molecule has 0 radical (unpaired) electrons. The fraction of sp³-hybridized carbons (Fsp3) is 0.111. The van der Waals surface area contributed by atoms with E-state index in [1.54, 1.807) is 12.3 Å². The van der Waals surface area contributed by atoms with E-state index in [1.807, 2.05) is 38.1 Å². The van der Waals surface area contributed by atoms with E-state index in [0.29, 0.717) is 5.56 Å². The molecule has 0 aliphatic carbocycles. The van der Waals surface area contributed by atoms with Crippen LogP contribution in [0.15, 0.2) is 47.5 Å². The monoisotopic (exact) mass is 310 g/mol. The Bertz CT molecular complexity index is 947. The van der Waals surface area contributed by atoms with Crippen LogP contribution in [0.3, 0.4) is 0 Å². The maximum atomic E-state index is 14.1. The zero-order chi connectivity index (χ0) is 15.3. The highest BCUT2D eigenvalue weighted by molar-refractivity contribution is 8.16. The highest BCUT2D eigenvalue weighted by atomic mass is 32.2. The Kier molecular flexibility index (Phi) is 3.01. The molecule has 3 aromatic rings. The average molecular weight is 310 g/mol. The van der Waals surface area contributed by atoms with E-state index in [-0.39, 0.29) is 16.5 Å². The van der Waals surface area contributed by atoms with Crippen LogP contribution >= 0.6 is 10.7 Å². The lowest BCUT2D eigenvalue weighted by Gasteiger charge is -2.26. The Balaban J connectivity index is 2.11. The molecule has 4 heteroatoms. The van der Waals surface area contributed by atoms with Crippen molar-refractivity contribution in [1.29, 1.82) is 0 Å². The highest BCUT2D eigenvalue weighted by Crippen LogP contribution is 2.48. The first kappa shape index (κ1) is 13.5. The van der Waals surface area contributed by atoms with Gasteiger partial charge in [-0.15, -0.1) is 0 Å². The summed E-state index contributed by atoms with van der Waals surface area (Å²) in [6, 6.07) is 11.7. The van der Waals surface area contributed by atoms with Gasteiger partial charge in [0.1, 0.15) is 5.82 Å². The zero-order valence-electron chi connectivity index (χ0n) is 12.4. The van der Waals surface area contributed by atoms with Crippen LogP contribution in [-0.4, -0.2) is 10.4 Å². The van der Waals surface area contributed by atoms with Crippen molar-refractivity contribution < 1.29 is 4.39 Å². The topological polar surface area (TPSA) is 24.9 Å². The van der Waals surface area contributed by atoms with Crippen molar-refractivity contribution >= 4 is 32.6 Å². The molecule has 110 valence electrons. The molecule has 2 aromatic carbocycles. The largest absolute Gasteiger partial charge is 0.329 e. The lowest BCUT2D eigenvalue weighted by molar-refractivity contribution is 0.617. The van der Waals surface area contributed by atoms with Crippen molar-refractivity contribution in [3.63, 3.8) is 0 Å². The first-order chi connectivity index (χ1) is 10.7. The van der Waals surface area contributed by atoms with E-state index in [2.05, 4.69) is 21.1 Å². The van der Waals surface area contributed by atoms with Gasteiger partial charge < -0.3 is 4.72 Å². The number of pyridine rings is 1. The summed E-state index contributed by atoms with van der Waals surface area (Å²) < 4.78 is 17.7. The molecule has 1 aromatic heterocycles. The predicted octanol–water partition coefficient (Wildman–Crippen LogP) is 5.14. The van der Waals surface area contributed by atoms with Crippen LogP contribution in [0.25, 0.3) is 22.0 Å². The Hall–Kier alpha value is -2.20. The number of halogens is 1. The van der Waals surface area contributed by atoms with Crippen LogP contribution in [0, 0.1) is 12.7 Å². The second-order valence-corrected chi connectivity index (χ2v) is 7.13. The second kappa shape index (κ2) is 4.92. The molecule has 2 nitrogen and oxygen atoms in total. The van der Waals surface area contributed by atoms with Crippen molar-refractivity contribution in [3.8, 4) is 11.1 Å². The fourth-order valence-electron chi connectivity index (χ4n) is 2.87. The van der Waals surface area contributed by atoms with Crippen molar-refractivity contribution in [1.82, 2.24) is 4.98 Å². The van der Waals surface area contributed by atoms with E-state index in [1.165, 1.54) is 0 Å². The summed E-state index contributed by atoms with van der Waals surface area (Å²) in [6.45, 7) is 3.84. The molecule has 0 saturated carbocycles. The Morgan fingerprint density at radius 2 is 2.05 bits per heavy atom. The number of rotatable bonds is 0. The quantitative estimate of drug-likeness (QED) is 0.582. The van der Waals surface area contributed by atoms with E-state index in [4.69, 9.17) is 0 Å². The smallest absolute Gasteiger partial charge is 0.126 e. The number of anilines is 1. The Morgan fingerprint density at radius 3 is 2.86 bits per heavy atom. The molecular formula is C18H15FN2S. The van der Waals surface area contributed by atoms with Gasteiger partial charge in [0.05, 0.1) is 11.2 Å². The summed E-state index contributed by atoms with van der Waals surface area (Å²) >= 11 is 0. The third-order valence-corrected chi connectivity index (χ3v) is 5.72. The van der Waals surface area contributed by atoms with Gasteiger partial charge in [-0.25, -0.2) is 4.39 Å². The van der Waals surface area contributed by atoms with Crippen LogP contribution in [-0.2, 0) is 0 Å². The van der Waals surface area contributed by atoms with Crippen LogP contribution in [0.4, 0.5) is 10.1 Å².